The molecule has 3 N–H and O–H groups in total. The first-order valence-electron chi connectivity index (χ1n) is 12.1. The highest BCUT2D eigenvalue weighted by Crippen LogP contribution is 2.44. The Morgan fingerprint density at radius 2 is 1.74 bits per heavy atom. The van der Waals surface area contributed by atoms with Gasteiger partial charge >= 0.3 is 12.1 Å². The SMILES string of the molecule is CC(CCNC(=O)C1(NC(=O)OCC2c3ccccc3-c3ccccc32)CCOC1)CCC(=O)O. The highest BCUT2D eigenvalue weighted by molar-refractivity contribution is 5.90. The first-order chi connectivity index (χ1) is 16.9. The van der Waals surface area contributed by atoms with Crippen molar-refractivity contribution in [1.82, 2.24) is 10.6 Å². The molecule has 8 heteroatoms. The molecule has 1 fully saturated rings. The lowest BCUT2D eigenvalue weighted by Gasteiger charge is -2.27. The fraction of sp³-hybridized carbons (Fsp3) is 0.444. The number of hydrogen-bond acceptors (Lipinski definition) is 5. The van der Waals surface area contributed by atoms with E-state index >= 15 is 0 Å². The summed E-state index contributed by atoms with van der Waals surface area (Å²) < 4.78 is 11.1. The lowest BCUT2D eigenvalue weighted by atomic mass is 9.97. The van der Waals surface area contributed by atoms with E-state index in [1.807, 2.05) is 31.2 Å². The lowest BCUT2D eigenvalue weighted by molar-refractivity contribution is -0.137. The molecule has 0 radical (unpaired) electrons. The van der Waals surface area contributed by atoms with Gasteiger partial charge in [-0.25, -0.2) is 4.79 Å². The van der Waals surface area contributed by atoms with Gasteiger partial charge in [0, 0.05) is 31.9 Å². The molecule has 4 rings (SSSR count). The summed E-state index contributed by atoms with van der Waals surface area (Å²) in [6.07, 6.45) is 1.02. The minimum absolute atomic E-state index is 0.0648. The molecule has 2 aromatic rings. The molecule has 0 bridgehead atoms. The zero-order valence-corrected chi connectivity index (χ0v) is 19.9. The second kappa shape index (κ2) is 10.9. The van der Waals surface area contributed by atoms with Gasteiger partial charge in [0.2, 0.25) is 5.91 Å². The van der Waals surface area contributed by atoms with Gasteiger partial charge < -0.3 is 25.2 Å². The van der Waals surface area contributed by atoms with Gasteiger partial charge in [-0.3, -0.25) is 9.59 Å². The molecule has 1 aliphatic heterocycles. The molecule has 2 aromatic carbocycles. The van der Waals surface area contributed by atoms with Gasteiger partial charge in [0.15, 0.2) is 0 Å². The van der Waals surface area contributed by atoms with E-state index in [-0.39, 0.29) is 37.4 Å². The molecule has 1 aliphatic carbocycles. The van der Waals surface area contributed by atoms with Gasteiger partial charge in [-0.1, -0.05) is 55.5 Å². The first-order valence-corrected chi connectivity index (χ1v) is 12.1. The zero-order valence-electron chi connectivity index (χ0n) is 19.9. The molecule has 1 saturated heterocycles. The van der Waals surface area contributed by atoms with Crippen LogP contribution in [-0.4, -0.2) is 55.0 Å². The van der Waals surface area contributed by atoms with E-state index in [0.29, 0.717) is 32.4 Å². The minimum Gasteiger partial charge on any atom is -0.481 e. The van der Waals surface area contributed by atoms with Gasteiger partial charge in [0.25, 0.3) is 0 Å². The van der Waals surface area contributed by atoms with Gasteiger partial charge in [-0.05, 0) is 41.0 Å². The number of carboxylic acid groups (broad SMARTS) is 1. The number of aliphatic carboxylic acids is 1. The van der Waals surface area contributed by atoms with E-state index < -0.39 is 17.6 Å². The summed E-state index contributed by atoms with van der Waals surface area (Å²) in [6.45, 7) is 2.97. The van der Waals surface area contributed by atoms with Gasteiger partial charge in [-0.2, -0.15) is 0 Å². The van der Waals surface area contributed by atoms with Crippen LogP contribution < -0.4 is 10.6 Å². The highest BCUT2D eigenvalue weighted by atomic mass is 16.6. The molecule has 8 nitrogen and oxygen atoms in total. The van der Waals surface area contributed by atoms with Crippen molar-refractivity contribution in [3.63, 3.8) is 0 Å². The van der Waals surface area contributed by atoms with Crippen molar-refractivity contribution in [2.75, 3.05) is 26.4 Å². The first kappa shape index (κ1) is 24.7. The van der Waals surface area contributed by atoms with E-state index in [0.717, 1.165) is 22.3 Å². The largest absolute Gasteiger partial charge is 0.481 e. The molecule has 186 valence electrons. The molecule has 0 saturated carbocycles. The normalized spacial score (nSPS) is 19.5. The van der Waals surface area contributed by atoms with Crippen LogP contribution in [0.15, 0.2) is 48.5 Å². The maximum absolute atomic E-state index is 13.0. The summed E-state index contributed by atoms with van der Waals surface area (Å²) in [5, 5.41) is 14.5. The number of benzene rings is 2. The lowest BCUT2D eigenvalue weighted by Crippen LogP contribution is -2.59. The second-order valence-corrected chi connectivity index (χ2v) is 9.42. The maximum Gasteiger partial charge on any atom is 0.408 e. The Morgan fingerprint density at radius 3 is 2.34 bits per heavy atom. The van der Waals surface area contributed by atoms with Gasteiger partial charge in [0.1, 0.15) is 12.1 Å². The van der Waals surface area contributed by atoms with Crippen molar-refractivity contribution in [2.24, 2.45) is 5.92 Å². The maximum atomic E-state index is 13.0. The third kappa shape index (κ3) is 5.65. The number of carbonyl (C=O) groups excluding carboxylic acids is 2. The summed E-state index contributed by atoms with van der Waals surface area (Å²) in [5.74, 6) is -1.04. The number of ether oxygens (including phenoxy) is 2. The van der Waals surface area contributed by atoms with Crippen LogP contribution in [0.5, 0.6) is 0 Å². The van der Waals surface area contributed by atoms with Gasteiger partial charge in [-0.15, -0.1) is 0 Å². The number of hydrogen-bond donors (Lipinski definition) is 3. The zero-order chi connectivity index (χ0) is 24.8. The van der Waals surface area contributed by atoms with Crippen LogP contribution in [0.3, 0.4) is 0 Å². The molecule has 0 aromatic heterocycles. The van der Waals surface area contributed by atoms with Crippen molar-refractivity contribution in [3.05, 3.63) is 59.7 Å². The Kier molecular flexibility index (Phi) is 7.70. The van der Waals surface area contributed by atoms with Crippen LogP contribution in [0.4, 0.5) is 4.79 Å². The Morgan fingerprint density at radius 1 is 1.09 bits per heavy atom. The number of alkyl carbamates (subject to hydrolysis) is 1. The van der Waals surface area contributed by atoms with E-state index in [2.05, 4.69) is 34.9 Å². The van der Waals surface area contributed by atoms with Crippen molar-refractivity contribution < 1.29 is 29.0 Å². The predicted molar refractivity (Wildman–Crippen MR) is 130 cm³/mol. The van der Waals surface area contributed by atoms with Gasteiger partial charge in [0.05, 0.1) is 6.61 Å². The molecule has 1 heterocycles. The van der Waals surface area contributed by atoms with Crippen LogP contribution in [0.2, 0.25) is 0 Å². The Bertz CT molecular complexity index is 1030. The average Bonchev–Trinajstić information content (AvgIpc) is 3.45. The number of fused-ring (bicyclic) bond motifs is 3. The fourth-order valence-electron chi connectivity index (χ4n) is 4.84. The van der Waals surface area contributed by atoms with Crippen LogP contribution in [0, 0.1) is 5.92 Å². The molecule has 2 amide bonds. The topological polar surface area (TPSA) is 114 Å². The van der Waals surface area contributed by atoms with E-state index in [1.165, 1.54) is 0 Å². The van der Waals surface area contributed by atoms with E-state index in [9.17, 15) is 14.4 Å². The van der Waals surface area contributed by atoms with Crippen molar-refractivity contribution in [3.8, 4) is 11.1 Å². The number of rotatable bonds is 10. The third-order valence-corrected chi connectivity index (χ3v) is 6.91. The summed E-state index contributed by atoms with van der Waals surface area (Å²) in [4.78, 5) is 36.5. The van der Waals surface area contributed by atoms with E-state index in [1.54, 1.807) is 0 Å². The van der Waals surface area contributed by atoms with Crippen LogP contribution in [0.25, 0.3) is 11.1 Å². The Balaban J connectivity index is 1.33. The highest BCUT2D eigenvalue weighted by Gasteiger charge is 2.44. The summed E-state index contributed by atoms with van der Waals surface area (Å²) in [7, 11) is 0. The third-order valence-electron chi connectivity index (χ3n) is 6.91. The fourth-order valence-corrected chi connectivity index (χ4v) is 4.84. The smallest absolute Gasteiger partial charge is 0.408 e. The average molecular weight is 481 g/mol. The molecule has 35 heavy (non-hydrogen) atoms. The molecular weight excluding hydrogens is 448 g/mol. The number of nitrogens with one attached hydrogen (secondary N) is 2. The quantitative estimate of drug-likeness (QED) is 0.478. The molecular formula is C27H32N2O6. The van der Waals surface area contributed by atoms with Crippen LogP contribution >= 0.6 is 0 Å². The summed E-state index contributed by atoms with van der Waals surface area (Å²) >= 11 is 0. The van der Waals surface area contributed by atoms with Crippen LogP contribution in [0.1, 0.15) is 49.7 Å². The molecule has 2 aliphatic rings. The number of carbonyl (C=O) groups is 3. The number of carboxylic acids is 1. The molecule has 2 unspecified atom stereocenters. The summed E-state index contributed by atoms with van der Waals surface area (Å²) in [5.41, 5.74) is 3.36. The number of amides is 2. The predicted octanol–water partition coefficient (Wildman–Crippen LogP) is 3.69. The van der Waals surface area contributed by atoms with Crippen LogP contribution in [-0.2, 0) is 19.1 Å². The summed E-state index contributed by atoms with van der Waals surface area (Å²) in [6, 6.07) is 16.2. The van der Waals surface area contributed by atoms with Crippen molar-refractivity contribution >= 4 is 18.0 Å². The molecule has 0 spiro atoms. The minimum atomic E-state index is -1.17. The second-order valence-electron chi connectivity index (χ2n) is 9.42. The standard InChI is InChI=1S/C27H32N2O6/c1-18(10-11-24(30)31)12-14-28-25(32)27(13-15-34-17-27)29-26(33)35-16-23-21-8-4-2-6-19(21)20-7-3-5-9-22(20)23/h2-9,18,23H,10-17H2,1H3,(H,28,32)(H,29,33)(H,30,31). The van der Waals surface area contributed by atoms with Crippen molar-refractivity contribution in [2.45, 2.75) is 44.1 Å². The monoisotopic (exact) mass is 480 g/mol. The van der Waals surface area contributed by atoms with Crippen molar-refractivity contribution in [1.29, 1.82) is 0 Å². The molecule has 2 atom stereocenters. The Hall–Kier alpha value is -3.39. The Labute approximate surface area is 205 Å². The van der Waals surface area contributed by atoms with E-state index in [4.69, 9.17) is 14.6 Å².